The van der Waals surface area contributed by atoms with Crippen molar-refractivity contribution >= 4 is 34.8 Å². The lowest BCUT2D eigenvalue weighted by Gasteiger charge is -2.24. The van der Waals surface area contributed by atoms with Gasteiger partial charge in [-0.15, -0.1) is 0 Å². The molecular weight excluding hydrogens is 528 g/mol. The van der Waals surface area contributed by atoms with Crippen LogP contribution in [0.3, 0.4) is 0 Å². The first-order valence-corrected chi connectivity index (χ1v) is 12.5. The molecule has 6 heterocycles. The molecular formula is C25H23F2N9O4. The smallest absolute Gasteiger partial charge is 0.413 e. The first-order valence-electron chi connectivity index (χ1n) is 12.5. The predicted octanol–water partition coefficient (Wildman–Crippen LogP) is 4.13. The molecule has 4 aromatic rings. The molecule has 15 heteroatoms. The van der Waals surface area contributed by atoms with Crippen molar-refractivity contribution in [1.29, 1.82) is 5.26 Å². The lowest BCUT2D eigenvalue weighted by atomic mass is 10.1. The summed E-state index contributed by atoms with van der Waals surface area (Å²) >= 11 is 0. The Morgan fingerprint density at radius 3 is 2.95 bits per heavy atom. The molecule has 2 aliphatic heterocycles. The van der Waals surface area contributed by atoms with Crippen molar-refractivity contribution in [3.8, 4) is 17.6 Å². The van der Waals surface area contributed by atoms with Crippen molar-refractivity contribution in [2.45, 2.75) is 37.8 Å². The molecule has 40 heavy (non-hydrogen) atoms. The number of carbonyl (C=O) groups is 1. The van der Waals surface area contributed by atoms with Crippen molar-refractivity contribution in [2.24, 2.45) is 7.05 Å². The van der Waals surface area contributed by atoms with E-state index in [1.54, 1.807) is 11.6 Å². The third-order valence-corrected chi connectivity index (χ3v) is 6.90. The zero-order valence-electron chi connectivity index (χ0n) is 21.2. The number of nitriles is 1. The van der Waals surface area contributed by atoms with Gasteiger partial charge in [0.2, 0.25) is 5.95 Å². The highest BCUT2D eigenvalue weighted by atomic mass is 19.3. The van der Waals surface area contributed by atoms with Gasteiger partial charge in [-0.05, 0) is 18.9 Å². The molecule has 0 spiro atoms. The molecule has 2 N–H and O–H groups in total. The lowest BCUT2D eigenvalue weighted by Crippen LogP contribution is -2.40. The van der Waals surface area contributed by atoms with Gasteiger partial charge in [0, 0.05) is 44.9 Å². The van der Waals surface area contributed by atoms with Crippen LogP contribution in [-0.2, 0) is 24.3 Å². The third kappa shape index (κ3) is 4.41. The number of amides is 1. The molecule has 1 fully saturated rings. The molecule has 0 unspecified atom stereocenters. The number of fused-ring (bicyclic) bond motifs is 2. The number of nitrogens with zero attached hydrogens (tertiary/aromatic N) is 8. The van der Waals surface area contributed by atoms with Crippen LogP contribution in [0.15, 0.2) is 30.6 Å². The van der Waals surface area contributed by atoms with Crippen LogP contribution in [-0.4, -0.2) is 59.8 Å². The van der Waals surface area contributed by atoms with Crippen molar-refractivity contribution in [3.63, 3.8) is 0 Å². The van der Waals surface area contributed by atoms with E-state index in [9.17, 15) is 23.9 Å². The fraction of sp³-hybridized carbons (Fsp3) is 0.360. The maximum absolute atomic E-state index is 14.3. The van der Waals surface area contributed by atoms with Gasteiger partial charge in [-0.25, -0.2) is 14.8 Å². The molecule has 1 atom stereocenters. The number of hydrogen-bond acceptors (Lipinski definition) is 9. The Hall–Kier alpha value is -4.84. The summed E-state index contributed by atoms with van der Waals surface area (Å²) in [6, 6.07) is 6.04. The molecule has 13 nitrogen and oxygen atoms in total. The second kappa shape index (κ2) is 9.72. The highest BCUT2D eigenvalue weighted by Crippen LogP contribution is 2.38. The quantitative estimate of drug-likeness (QED) is 0.357. The molecule has 206 valence electrons. The van der Waals surface area contributed by atoms with Gasteiger partial charge < -0.3 is 24.5 Å². The van der Waals surface area contributed by atoms with E-state index in [-0.39, 0.29) is 65.1 Å². The molecule has 0 aromatic carbocycles. The van der Waals surface area contributed by atoms with Gasteiger partial charge in [-0.1, -0.05) is 0 Å². The van der Waals surface area contributed by atoms with Crippen LogP contribution in [0.5, 0.6) is 11.5 Å². The summed E-state index contributed by atoms with van der Waals surface area (Å²) in [7, 11) is 1.65. The molecule has 0 saturated carbocycles. The van der Waals surface area contributed by atoms with Crippen LogP contribution in [0.2, 0.25) is 0 Å². The van der Waals surface area contributed by atoms with Gasteiger partial charge in [0.1, 0.15) is 34.4 Å². The van der Waals surface area contributed by atoms with Crippen LogP contribution in [0.4, 0.5) is 31.2 Å². The number of imidazole rings is 1. The zero-order valence-corrected chi connectivity index (χ0v) is 21.2. The molecule has 0 radical (unpaired) electrons. The normalized spacial score (nSPS) is 17.8. The molecule has 4 aromatic heterocycles. The number of aromatic nitrogens is 6. The number of rotatable bonds is 6. The first-order chi connectivity index (χ1) is 19.2. The van der Waals surface area contributed by atoms with Crippen molar-refractivity contribution < 1.29 is 28.2 Å². The van der Waals surface area contributed by atoms with Gasteiger partial charge >= 0.3 is 6.09 Å². The van der Waals surface area contributed by atoms with E-state index in [4.69, 9.17) is 9.47 Å². The van der Waals surface area contributed by atoms with E-state index < -0.39 is 12.0 Å². The minimum absolute atomic E-state index is 0.116. The largest absolute Gasteiger partial charge is 0.465 e. The topological polar surface area (TPSA) is 156 Å². The van der Waals surface area contributed by atoms with Crippen LogP contribution >= 0.6 is 0 Å². The number of ether oxygens (including phenoxy) is 2. The molecule has 2 aliphatic rings. The summed E-state index contributed by atoms with van der Waals surface area (Å²) in [5.41, 5.74) is 0.546. The van der Waals surface area contributed by atoms with Crippen LogP contribution in [0.1, 0.15) is 30.5 Å². The Morgan fingerprint density at radius 1 is 1.38 bits per heavy atom. The minimum Gasteiger partial charge on any atom is -0.465 e. The average molecular weight is 552 g/mol. The predicted molar refractivity (Wildman–Crippen MR) is 136 cm³/mol. The Labute approximate surface area is 225 Å². The van der Waals surface area contributed by atoms with Crippen molar-refractivity contribution in [1.82, 2.24) is 29.3 Å². The first kappa shape index (κ1) is 25.4. The van der Waals surface area contributed by atoms with Crippen molar-refractivity contribution in [2.75, 3.05) is 23.4 Å². The number of pyridine rings is 2. The number of aryl methyl sites for hydroxylation is 2. The maximum atomic E-state index is 14.3. The van der Waals surface area contributed by atoms with Gasteiger partial charge in [-0.3, -0.25) is 9.58 Å². The highest BCUT2D eigenvalue weighted by molar-refractivity contribution is 5.86. The maximum Gasteiger partial charge on any atom is 0.413 e. The number of anilines is 3. The molecule has 0 aliphatic carbocycles. The number of hydrogen-bond donors (Lipinski definition) is 2. The summed E-state index contributed by atoms with van der Waals surface area (Å²) < 4.78 is 42.7. The SMILES string of the molecule is Cn1c(Nc2cc3n(n2)CCCC3(F)F)nc2ncc(Oc3ccnc(N(C(=O)O)[C@@H]4CCOC4)c3)c(C#N)c21. The number of alkyl halides is 2. The Morgan fingerprint density at radius 2 is 2.23 bits per heavy atom. The fourth-order valence-electron chi connectivity index (χ4n) is 4.98. The van der Waals surface area contributed by atoms with Crippen molar-refractivity contribution in [3.05, 3.63) is 41.9 Å². The second-order valence-corrected chi connectivity index (χ2v) is 9.47. The number of nitrogens with one attached hydrogen (secondary N) is 1. The van der Waals surface area contributed by atoms with Gasteiger partial charge in [-0.2, -0.15) is 24.1 Å². The second-order valence-electron chi connectivity index (χ2n) is 9.47. The Balaban J connectivity index is 1.30. The monoisotopic (exact) mass is 551 g/mol. The fourth-order valence-corrected chi connectivity index (χ4v) is 4.98. The van der Waals surface area contributed by atoms with Crippen LogP contribution in [0.25, 0.3) is 11.2 Å². The number of carboxylic acid groups (broad SMARTS) is 1. The summed E-state index contributed by atoms with van der Waals surface area (Å²) in [6.45, 7) is 1.11. The average Bonchev–Trinajstić information content (AvgIpc) is 3.65. The van der Waals surface area contributed by atoms with Gasteiger partial charge in [0.05, 0.1) is 18.8 Å². The van der Waals surface area contributed by atoms with E-state index >= 15 is 0 Å². The lowest BCUT2D eigenvalue weighted by molar-refractivity contribution is -0.0364. The minimum atomic E-state index is -2.96. The van der Waals surface area contributed by atoms with E-state index in [1.807, 2.05) is 0 Å². The van der Waals surface area contributed by atoms with E-state index in [1.165, 1.54) is 35.3 Å². The number of halogens is 2. The van der Waals surface area contributed by atoms with Crippen LogP contribution in [0, 0.1) is 11.3 Å². The Kier molecular flexibility index (Phi) is 6.18. The van der Waals surface area contributed by atoms with E-state index in [2.05, 4.69) is 31.4 Å². The van der Waals surface area contributed by atoms with E-state index in [0.717, 1.165) is 4.90 Å². The standard InChI is InChI=1S/C25H23F2N9O4/c1-34-21-16(11-28)17(40-15-3-6-29-20(9-15)36(24(37)38)14-4-8-39-13-14)12-30-22(21)32-23(34)31-19-10-18-25(26,27)5-2-7-35(18)33-19/h3,6,9-10,12,14H,2,4-5,7-8,13H2,1H3,(H,37,38)(H,30,31,32,33)/t14-/m1/s1. The summed E-state index contributed by atoms with van der Waals surface area (Å²) in [6.07, 6.45) is 2.22. The molecule has 1 amide bonds. The Bertz CT molecular complexity index is 1660. The molecule has 6 rings (SSSR count). The zero-order chi connectivity index (χ0) is 28.0. The van der Waals surface area contributed by atoms with E-state index in [0.29, 0.717) is 31.5 Å². The van der Waals surface area contributed by atoms with Gasteiger partial charge in [0.25, 0.3) is 5.92 Å². The molecule has 0 bridgehead atoms. The summed E-state index contributed by atoms with van der Waals surface area (Å²) in [5.74, 6) is -1.99. The third-order valence-electron chi connectivity index (χ3n) is 6.90. The molecule has 1 saturated heterocycles. The highest BCUT2D eigenvalue weighted by Gasteiger charge is 2.38. The van der Waals surface area contributed by atoms with Crippen LogP contribution < -0.4 is 15.0 Å². The van der Waals surface area contributed by atoms with Gasteiger partial charge in [0.15, 0.2) is 17.2 Å². The summed E-state index contributed by atoms with van der Waals surface area (Å²) in [5, 5.41) is 27.0. The summed E-state index contributed by atoms with van der Waals surface area (Å²) in [4.78, 5) is 26.0.